The molecular formula is C19H24F2N2O2. The number of amides is 2. The van der Waals surface area contributed by atoms with E-state index < -0.39 is 17.5 Å². The second-order valence-electron chi connectivity index (χ2n) is 7.03. The summed E-state index contributed by atoms with van der Waals surface area (Å²) in [6.07, 6.45) is 6.64. The molecule has 0 bridgehead atoms. The van der Waals surface area contributed by atoms with Crippen molar-refractivity contribution in [2.45, 2.75) is 51.0 Å². The Morgan fingerprint density at radius 1 is 1.00 bits per heavy atom. The molecule has 1 aliphatic carbocycles. The third-order valence-corrected chi connectivity index (χ3v) is 5.26. The molecule has 0 atom stereocenters. The lowest BCUT2D eigenvalue weighted by molar-refractivity contribution is -0.126. The van der Waals surface area contributed by atoms with Gasteiger partial charge in [0.25, 0.3) is 5.91 Å². The molecule has 2 amide bonds. The first-order valence-electron chi connectivity index (χ1n) is 9.09. The van der Waals surface area contributed by atoms with Crippen LogP contribution in [0, 0.1) is 17.6 Å². The van der Waals surface area contributed by atoms with Crippen LogP contribution in [0.3, 0.4) is 0 Å². The quantitative estimate of drug-likeness (QED) is 0.910. The Bertz CT molecular complexity index is 636. The topological polar surface area (TPSA) is 49.4 Å². The Hall–Kier alpha value is -1.98. The van der Waals surface area contributed by atoms with E-state index in [-0.39, 0.29) is 23.4 Å². The molecule has 2 fully saturated rings. The summed E-state index contributed by atoms with van der Waals surface area (Å²) < 4.78 is 27.0. The third-order valence-electron chi connectivity index (χ3n) is 5.26. The van der Waals surface area contributed by atoms with E-state index in [1.807, 2.05) is 0 Å². The van der Waals surface area contributed by atoms with Gasteiger partial charge in [-0.3, -0.25) is 9.59 Å². The second-order valence-corrected chi connectivity index (χ2v) is 7.03. The molecule has 136 valence electrons. The maximum atomic E-state index is 13.8. The molecule has 1 aromatic rings. The molecule has 6 heteroatoms. The predicted octanol–water partition coefficient (Wildman–Crippen LogP) is 3.27. The van der Waals surface area contributed by atoms with Crippen LogP contribution in [0.1, 0.15) is 55.3 Å². The van der Waals surface area contributed by atoms with Crippen LogP contribution in [-0.4, -0.2) is 35.8 Å². The van der Waals surface area contributed by atoms with Crippen LogP contribution >= 0.6 is 0 Å². The number of hydrogen-bond acceptors (Lipinski definition) is 2. The summed E-state index contributed by atoms with van der Waals surface area (Å²) in [7, 11) is 0. The highest BCUT2D eigenvalue weighted by Crippen LogP contribution is 2.24. The van der Waals surface area contributed by atoms with Gasteiger partial charge < -0.3 is 10.2 Å². The molecule has 1 saturated heterocycles. The van der Waals surface area contributed by atoms with Gasteiger partial charge in [0, 0.05) is 25.0 Å². The molecule has 1 heterocycles. The normalized spacial score (nSPS) is 19.7. The largest absolute Gasteiger partial charge is 0.353 e. The molecule has 0 radical (unpaired) electrons. The number of benzene rings is 1. The van der Waals surface area contributed by atoms with Crippen molar-refractivity contribution in [2.75, 3.05) is 13.1 Å². The van der Waals surface area contributed by atoms with Gasteiger partial charge in [-0.05, 0) is 43.9 Å². The van der Waals surface area contributed by atoms with E-state index in [2.05, 4.69) is 5.32 Å². The molecular weight excluding hydrogens is 326 g/mol. The highest BCUT2D eigenvalue weighted by atomic mass is 19.1. The SMILES string of the molecule is O=C(NC1CCN(C(=O)c2cc(F)ccc2F)CC1)C1CCCCC1. The third kappa shape index (κ3) is 4.35. The van der Waals surface area contributed by atoms with Crippen molar-refractivity contribution >= 4 is 11.8 Å². The lowest BCUT2D eigenvalue weighted by Crippen LogP contribution is -2.48. The van der Waals surface area contributed by atoms with Gasteiger partial charge in [0.2, 0.25) is 5.91 Å². The lowest BCUT2D eigenvalue weighted by Gasteiger charge is -2.33. The van der Waals surface area contributed by atoms with Crippen LogP contribution in [-0.2, 0) is 4.79 Å². The van der Waals surface area contributed by atoms with Gasteiger partial charge in [-0.15, -0.1) is 0 Å². The Kier molecular flexibility index (Phi) is 5.66. The lowest BCUT2D eigenvalue weighted by atomic mass is 9.88. The van der Waals surface area contributed by atoms with Crippen molar-refractivity contribution in [2.24, 2.45) is 5.92 Å². The van der Waals surface area contributed by atoms with Crippen LogP contribution in [0.5, 0.6) is 0 Å². The highest BCUT2D eigenvalue weighted by molar-refractivity contribution is 5.94. The molecule has 2 aliphatic rings. The molecule has 4 nitrogen and oxygen atoms in total. The summed E-state index contributed by atoms with van der Waals surface area (Å²) >= 11 is 0. The average molecular weight is 350 g/mol. The number of nitrogens with one attached hydrogen (secondary N) is 1. The van der Waals surface area contributed by atoms with Crippen molar-refractivity contribution in [3.05, 3.63) is 35.4 Å². The molecule has 3 rings (SSSR count). The molecule has 1 aromatic carbocycles. The van der Waals surface area contributed by atoms with E-state index in [0.717, 1.165) is 43.9 Å². The number of piperidine rings is 1. The van der Waals surface area contributed by atoms with E-state index in [1.165, 1.54) is 11.3 Å². The molecule has 0 spiro atoms. The number of nitrogens with zero attached hydrogens (tertiary/aromatic N) is 1. The van der Waals surface area contributed by atoms with Crippen LogP contribution in [0.2, 0.25) is 0 Å². The number of halogens is 2. The van der Waals surface area contributed by atoms with Gasteiger partial charge in [-0.1, -0.05) is 19.3 Å². The zero-order valence-electron chi connectivity index (χ0n) is 14.3. The number of carbonyl (C=O) groups excluding carboxylic acids is 2. The van der Waals surface area contributed by atoms with E-state index in [4.69, 9.17) is 0 Å². The second kappa shape index (κ2) is 7.93. The molecule has 1 aliphatic heterocycles. The summed E-state index contributed by atoms with van der Waals surface area (Å²) in [6.45, 7) is 0.870. The standard InChI is InChI=1S/C19H24F2N2O2/c20-14-6-7-17(21)16(12-14)19(25)23-10-8-15(9-11-23)22-18(24)13-4-2-1-3-5-13/h6-7,12-13,15H,1-5,8-11H2,(H,22,24). The van der Waals surface area contributed by atoms with Crippen LogP contribution in [0.25, 0.3) is 0 Å². The van der Waals surface area contributed by atoms with Crippen molar-refractivity contribution < 1.29 is 18.4 Å². The predicted molar refractivity (Wildman–Crippen MR) is 90.0 cm³/mol. The average Bonchev–Trinajstić information content (AvgIpc) is 2.64. The van der Waals surface area contributed by atoms with Gasteiger partial charge >= 0.3 is 0 Å². The zero-order chi connectivity index (χ0) is 17.8. The summed E-state index contributed by atoms with van der Waals surface area (Å²) in [6, 6.07) is 2.96. The first-order valence-corrected chi connectivity index (χ1v) is 9.09. The Balaban J connectivity index is 1.52. The summed E-state index contributed by atoms with van der Waals surface area (Å²) in [5, 5.41) is 3.10. The van der Waals surface area contributed by atoms with Crippen molar-refractivity contribution in [1.29, 1.82) is 0 Å². The molecule has 1 N–H and O–H groups in total. The molecule has 0 unspecified atom stereocenters. The van der Waals surface area contributed by atoms with Crippen LogP contribution in [0.15, 0.2) is 18.2 Å². The molecule has 0 aromatic heterocycles. The Morgan fingerprint density at radius 2 is 1.68 bits per heavy atom. The fourth-order valence-corrected chi connectivity index (χ4v) is 3.74. The van der Waals surface area contributed by atoms with Gasteiger partial charge in [0.05, 0.1) is 5.56 Å². The minimum atomic E-state index is -0.709. The fourth-order valence-electron chi connectivity index (χ4n) is 3.74. The summed E-state index contributed by atoms with van der Waals surface area (Å²) in [5.74, 6) is -1.58. The smallest absolute Gasteiger partial charge is 0.256 e. The minimum absolute atomic E-state index is 0.0517. The number of carbonyl (C=O) groups is 2. The first-order chi connectivity index (χ1) is 12.0. The first kappa shape index (κ1) is 17.8. The van der Waals surface area contributed by atoms with E-state index >= 15 is 0 Å². The van der Waals surface area contributed by atoms with Crippen molar-refractivity contribution in [1.82, 2.24) is 10.2 Å². The van der Waals surface area contributed by atoms with Gasteiger partial charge in [-0.2, -0.15) is 0 Å². The van der Waals surface area contributed by atoms with Crippen LogP contribution < -0.4 is 5.32 Å². The summed E-state index contributed by atoms with van der Waals surface area (Å²) in [4.78, 5) is 26.2. The van der Waals surface area contributed by atoms with Gasteiger partial charge in [-0.25, -0.2) is 8.78 Å². The monoisotopic (exact) mass is 350 g/mol. The number of likely N-dealkylation sites (tertiary alicyclic amines) is 1. The van der Waals surface area contributed by atoms with Crippen LogP contribution in [0.4, 0.5) is 8.78 Å². The Labute approximate surface area is 146 Å². The number of hydrogen-bond donors (Lipinski definition) is 1. The number of rotatable bonds is 3. The van der Waals surface area contributed by atoms with Gasteiger partial charge in [0.15, 0.2) is 0 Å². The molecule has 1 saturated carbocycles. The van der Waals surface area contributed by atoms with Crippen molar-refractivity contribution in [3.8, 4) is 0 Å². The van der Waals surface area contributed by atoms with E-state index in [0.29, 0.717) is 25.9 Å². The van der Waals surface area contributed by atoms with Crippen molar-refractivity contribution in [3.63, 3.8) is 0 Å². The van der Waals surface area contributed by atoms with Gasteiger partial charge in [0.1, 0.15) is 11.6 Å². The minimum Gasteiger partial charge on any atom is -0.353 e. The highest BCUT2D eigenvalue weighted by Gasteiger charge is 2.28. The van der Waals surface area contributed by atoms with E-state index in [9.17, 15) is 18.4 Å². The summed E-state index contributed by atoms with van der Waals surface area (Å²) in [5.41, 5.74) is -0.232. The molecule has 25 heavy (non-hydrogen) atoms. The van der Waals surface area contributed by atoms with E-state index in [1.54, 1.807) is 0 Å². The maximum Gasteiger partial charge on any atom is 0.256 e. The Morgan fingerprint density at radius 3 is 2.36 bits per heavy atom. The maximum absolute atomic E-state index is 13.8. The fraction of sp³-hybridized carbons (Fsp3) is 0.579. The zero-order valence-corrected chi connectivity index (χ0v) is 14.3.